The molecule has 2 nitrogen and oxygen atoms in total. The highest BCUT2D eigenvalue weighted by molar-refractivity contribution is 5.73. The number of hydrogen-bond acceptors (Lipinski definition) is 2. The topological polar surface area (TPSA) is 33.0 Å². The third kappa shape index (κ3) is 3.98. The molecule has 0 aliphatic heterocycles. The van der Waals surface area contributed by atoms with Crippen molar-refractivity contribution in [2.45, 2.75) is 51.4 Å². The summed E-state index contributed by atoms with van der Waals surface area (Å²) in [4.78, 5) is 0. The first-order valence-corrected chi connectivity index (χ1v) is 9.65. The Kier molecular flexibility index (Phi) is 6.11. The predicted molar refractivity (Wildman–Crippen MR) is 103 cm³/mol. The van der Waals surface area contributed by atoms with Crippen molar-refractivity contribution in [3.63, 3.8) is 0 Å². The van der Waals surface area contributed by atoms with Crippen LogP contribution in [0.2, 0.25) is 0 Å². The van der Waals surface area contributed by atoms with Gasteiger partial charge in [-0.2, -0.15) is 5.26 Å². The minimum absolute atomic E-state index is 0.0943. The summed E-state index contributed by atoms with van der Waals surface area (Å²) in [5, 5.41) is 9.04. The molecule has 2 aromatic rings. The van der Waals surface area contributed by atoms with Crippen molar-refractivity contribution in [3.8, 4) is 22.9 Å². The van der Waals surface area contributed by atoms with Gasteiger partial charge in [0, 0.05) is 6.07 Å². The molecule has 1 saturated carbocycles. The molecule has 0 atom stereocenters. The van der Waals surface area contributed by atoms with Crippen LogP contribution in [0.5, 0.6) is 5.75 Å². The van der Waals surface area contributed by atoms with E-state index in [1.807, 2.05) is 24.3 Å². The molecule has 1 aliphatic rings. The van der Waals surface area contributed by atoms with Crippen molar-refractivity contribution in [1.29, 1.82) is 5.26 Å². The normalized spacial score (nSPS) is 19.5. The zero-order chi connectivity index (χ0) is 19.4. The molecule has 142 valence electrons. The molecule has 0 aromatic heterocycles. The van der Waals surface area contributed by atoms with Gasteiger partial charge < -0.3 is 4.74 Å². The Morgan fingerprint density at radius 3 is 2.33 bits per heavy atom. The Morgan fingerprint density at radius 2 is 1.78 bits per heavy atom. The Labute approximate surface area is 159 Å². The third-order valence-corrected chi connectivity index (χ3v) is 5.73. The SMILES string of the molecule is CCC[C@H]1CC[C@H](c2ccc(-c3c(OC)cc(F)c(C#N)c3F)cc2)CC1. The second-order valence-corrected chi connectivity index (χ2v) is 7.36. The van der Waals surface area contributed by atoms with Crippen LogP contribution in [0.25, 0.3) is 11.1 Å². The van der Waals surface area contributed by atoms with Gasteiger partial charge in [0.25, 0.3) is 0 Å². The van der Waals surface area contributed by atoms with Crippen molar-refractivity contribution in [1.82, 2.24) is 0 Å². The minimum Gasteiger partial charge on any atom is -0.496 e. The summed E-state index contributed by atoms with van der Waals surface area (Å²) in [5.41, 5.74) is 1.40. The maximum absolute atomic E-state index is 14.7. The van der Waals surface area contributed by atoms with Crippen LogP contribution in [0.3, 0.4) is 0 Å². The second kappa shape index (κ2) is 8.52. The average Bonchev–Trinajstić information content (AvgIpc) is 2.69. The van der Waals surface area contributed by atoms with Gasteiger partial charge in [-0.25, -0.2) is 8.78 Å². The van der Waals surface area contributed by atoms with E-state index >= 15 is 0 Å². The number of benzene rings is 2. The van der Waals surface area contributed by atoms with E-state index in [0.29, 0.717) is 11.5 Å². The van der Waals surface area contributed by atoms with E-state index in [1.165, 1.54) is 51.2 Å². The highest BCUT2D eigenvalue weighted by Gasteiger charge is 2.23. The molecule has 0 radical (unpaired) electrons. The van der Waals surface area contributed by atoms with E-state index in [4.69, 9.17) is 10.00 Å². The number of nitriles is 1. The maximum Gasteiger partial charge on any atom is 0.155 e. The highest BCUT2D eigenvalue weighted by atomic mass is 19.1. The van der Waals surface area contributed by atoms with Crippen molar-refractivity contribution < 1.29 is 13.5 Å². The number of nitrogens with zero attached hydrogens (tertiary/aromatic N) is 1. The lowest BCUT2D eigenvalue weighted by Gasteiger charge is -2.28. The van der Waals surface area contributed by atoms with Crippen molar-refractivity contribution in [3.05, 3.63) is 53.1 Å². The molecule has 0 heterocycles. The van der Waals surface area contributed by atoms with Gasteiger partial charge in [0.15, 0.2) is 5.82 Å². The maximum atomic E-state index is 14.7. The Morgan fingerprint density at radius 1 is 1.11 bits per heavy atom. The van der Waals surface area contributed by atoms with Crippen LogP contribution in [0.1, 0.15) is 62.5 Å². The van der Waals surface area contributed by atoms with Crippen LogP contribution in [0.4, 0.5) is 8.78 Å². The number of hydrogen-bond donors (Lipinski definition) is 0. The molecule has 3 rings (SSSR count). The summed E-state index contributed by atoms with van der Waals surface area (Å²) in [5.74, 6) is -0.288. The molecule has 0 saturated heterocycles. The lowest BCUT2D eigenvalue weighted by atomic mass is 9.77. The molecular formula is C23H25F2NO. The van der Waals surface area contributed by atoms with Gasteiger partial charge in [0.2, 0.25) is 0 Å². The van der Waals surface area contributed by atoms with Crippen LogP contribution in [0, 0.1) is 28.9 Å². The number of halogens is 2. The van der Waals surface area contributed by atoms with E-state index in [-0.39, 0.29) is 11.3 Å². The fourth-order valence-corrected chi connectivity index (χ4v) is 4.24. The van der Waals surface area contributed by atoms with E-state index in [2.05, 4.69) is 6.92 Å². The van der Waals surface area contributed by atoms with Gasteiger partial charge in [0.05, 0.1) is 12.7 Å². The van der Waals surface area contributed by atoms with Crippen LogP contribution in [0.15, 0.2) is 30.3 Å². The smallest absolute Gasteiger partial charge is 0.155 e. The first-order chi connectivity index (χ1) is 13.1. The van der Waals surface area contributed by atoms with E-state index < -0.39 is 17.2 Å². The summed E-state index contributed by atoms with van der Waals surface area (Å²) in [6.07, 6.45) is 7.49. The molecule has 2 aromatic carbocycles. The molecule has 0 amide bonds. The van der Waals surface area contributed by atoms with Gasteiger partial charge in [-0.1, -0.05) is 44.0 Å². The fraction of sp³-hybridized carbons (Fsp3) is 0.435. The van der Waals surface area contributed by atoms with Crippen LogP contribution in [-0.2, 0) is 0 Å². The molecule has 1 fully saturated rings. The quantitative estimate of drug-likeness (QED) is 0.596. The van der Waals surface area contributed by atoms with Crippen molar-refractivity contribution in [2.24, 2.45) is 5.92 Å². The zero-order valence-electron chi connectivity index (χ0n) is 15.9. The summed E-state index contributed by atoms with van der Waals surface area (Å²) >= 11 is 0. The van der Waals surface area contributed by atoms with Gasteiger partial charge in [-0.3, -0.25) is 0 Å². The summed E-state index contributed by atoms with van der Waals surface area (Å²) in [7, 11) is 1.37. The third-order valence-electron chi connectivity index (χ3n) is 5.73. The highest BCUT2D eigenvalue weighted by Crippen LogP contribution is 2.40. The largest absolute Gasteiger partial charge is 0.496 e. The zero-order valence-corrected chi connectivity index (χ0v) is 15.9. The summed E-state index contributed by atoms with van der Waals surface area (Å²) in [6, 6.07) is 10.4. The molecule has 0 spiro atoms. The van der Waals surface area contributed by atoms with E-state index in [1.54, 1.807) is 6.07 Å². The van der Waals surface area contributed by atoms with Crippen molar-refractivity contribution >= 4 is 0 Å². The molecule has 27 heavy (non-hydrogen) atoms. The van der Waals surface area contributed by atoms with Gasteiger partial charge in [-0.05, 0) is 48.6 Å². The van der Waals surface area contributed by atoms with Gasteiger partial charge in [0.1, 0.15) is 23.2 Å². The number of methoxy groups -OCH3 is 1. The van der Waals surface area contributed by atoms with E-state index in [9.17, 15) is 8.78 Å². The lowest BCUT2D eigenvalue weighted by Crippen LogP contribution is -2.13. The second-order valence-electron chi connectivity index (χ2n) is 7.36. The van der Waals surface area contributed by atoms with Crippen molar-refractivity contribution in [2.75, 3.05) is 7.11 Å². The minimum atomic E-state index is -0.906. The average molecular weight is 369 g/mol. The predicted octanol–water partition coefficient (Wildman–Crippen LogP) is 6.59. The number of ether oxygens (including phenoxy) is 1. The molecule has 0 unspecified atom stereocenters. The standard InChI is InChI=1S/C23H25F2NO/c1-3-4-15-5-7-16(8-6-15)17-9-11-18(12-10-17)22-21(27-2)13-20(24)19(14-26)23(22)25/h9-13,15-16H,3-8H2,1-2H3/t15-,16-. The van der Waals surface area contributed by atoms with Crippen LogP contribution in [-0.4, -0.2) is 7.11 Å². The summed E-state index contributed by atoms with van der Waals surface area (Å²) < 4.78 is 33.7. The monoisotopic (exact) mass is 369 g/mol. The lowest BCUT2D eigenvalue weighted by molar-refractivity contribution is 0.308. The van der Waals surface area contributed by atoms with Crippen LogP contribution < -0.4 is 4.74 Å². The van der Waals surface area contributed by atoms with Crippen LogP contribution >= 0.6 is 0 Å². The molecule has 0 N–H and O–H groups in total. The number of rotatable bonds is 5. The molecule has 1 aliphatic carbocycles. The van der Waals surface area contributed by atoms with E-state index in [0.717, 1.165) is 12.0 Å². The molecule has 4 heteroatoms. The Bertz CT molecular complexity index is 831. The van der Waals surface area contributed by atoms with Gasteiger partial charge >= 0.3 is 0 Å². The molecule has 0 bridgehead atoms. The summed E-state index contributed by atoms with van der Waals surface area (Å²) in [6.45, 7) is 2.24. The first-order valence-electron chi connectivity index (χ1n) is 9.65. The Balaban J connectivity index is 1.86. The fourth-order valence-electron chi connectivity index (χ4n) is 4.24. The Hall–Kier alpha value is -2.41. The first kappa shape index (κ1) is 19.4. The molecular weight excluding hydrogens is 344 g/mol. The van der Waals surface area contributed by atoms with Gasteiger partial charge in [-0.15, -0.1) is 0 Å².